The highest BCUT2D eigenvalue weighted by molar-refractivity contribution is 6.24. The van der Waals surface area contributed by atoms with Gasteiger partial charge in [-0.2, -0.15) is 0 Å². The lowest BCUT2D eigenvalue weighted by molar-refractivity contribution is 0.0983. The van der Waals surface area contributed by atoms with Crippen molar-refractivity contribution in [3.63, 3.8) is 0 Å². The maximum atomic E-state index is 12.0. The Morgan fingerprint density at radius 2 is 1.94 bits per heavy atom. The van der Waals surface area contributed by atoms with E-state index >= 15 is 0 Å². The average molecular weight is 228 g/mol. The van der Waals surface area contributed by atoms with Crippen molar-refractivity contribution in [2.45, 2.75) is 33.1 Å². The number of carbonyl (C=O) groups excluding carboxylic acids is 2. The number of ketones is 2. The molecule has 0 atom stereocenters. The van der Waals surface area contributed by atoms with Gasteiger partial charge in [-0.15, -0.1) is 0 Å². The summed E-state index contributed by atoms with van der Waals surface area (Å²) in [6.45, 7) is 3.81. The molecule has 0 aromatic heterocycles. The van der Waals surface area contributed by atoms with Crippen molar-refractivity contribution in [3.8, 4) is 0 Å². The lowest BCUT2D eigenvalue weighted by atomic mass is 9.86. The number of Topliss-reactive ketones (excluding diaryl/α,β-unsaturated/α-hetero) is 1. The number of unbranched alkanes of at least 4 members (excludes halogenated alkanes) is 1. The summed E-state index contributed by atoms with van der Waals surface area (Å²) in [7, 11) is 0. The number of benzene rings is 1. The van der Waals surface area contributed by atoms with Gasteiger partial charge in [-0.05, 0) is 31.4 Å². The van der Waals surface area contributed by atoms with Crippen LogP contribution in [0.3, 0.4) is 0 Å². The minimum atomic E-state index is -0.0243. The van der Waals surface area contributed by atoms with E-state index in [0.29, 0.717) is 16.7 Å². The average Bonchev–Trinajstić information content (AvgIpc) is 2.33. The van der Waals surface area contributed by atoms with Crippen LogP contribution < -0.4 is 0 Å². The van der Waals surface area contributed by atoms with E-state index in [1.807, 2.05) is 12.1 Å². The number of rotatable bonds is 3. The molecule has 1 aliphatic carbocycles. The first-order valence-corrected chi connectivity index (χ1v) is 6.04. The fraction of sp³-hybridized carbons (Fsp3) is 0.333. The summed E-state index contributed by atoms with van der Waals surface area (Å²) in [5.74, 6) is -0.0400. The van der Waals surface area contributed by atoms with Crippen molar-refractivity contribution >= 4 is 11.6 Å². The SMILES string of the molecule is CCCCc1cccc2c1C(=O)C=C(C)C2=O. The van der Waals surface area contributed by atoms with Crippen LogP contribution in [0.15, 0.2) is 29.8 Å². The molecule has 0 saturated heterocycles. The van der Waals surface area contributed by atoms with Crippen LogP contribution in [0.1, 0.15) is 53.0 Å². The van der Waals surface area contributed by atoms with Crippen LogP contribution in [0.2, 0.25) is 0 Å². The zero-order chi connectivity index (χ0) is 12.4. The van der Waals surface area contributed by atoms with E-state index in [-0.39, 0.29) is 11.6 Å². The van der Waals surface area contributed by atoms with E-state index < -0.39 is 0 Å². The molecule has 0 unspecified atom stereocenters. The van der Waals surface area contributed by atoms with Crippen molar-refractivity contribution in [2.75, 3.05) is 0 Å². The number of fused-ring (bicyclic) bond motifs is 1. The summed E-state index contributed by atoms with van der Waals surface area (Å²) in [4.78, 5) is 24.0. The van der Waals surface area contributed by atoms with Crippen LogP contribution in [0.25, 0.3) is 0 Å². The van der Waals surface area contributed by atoms with Crippen LogP contribution in [0.5, 0.6) is 0 Å². The summed E-state index contributed by atoms with van der Waals surface area (Å²) in [5.41, 5.74) is 2.74. The lowest BCUT2D eigenvalue weighted by Crippen LogP contribution is -2.17. The largest absolute Gasteiger partial charge is 0.289 e. The Morgan fingerprint density at radius 1 is 1.18 bits per heavy atom. The third-order valence-corrected chi connectivity index (χ3v) is 3.15. The van der Waals surface area contributed by atoms with E-state index in [9.17, 15) is 9.59 Å². The van der Waals surface area contributed by atoms with E-state index in [1.54, 1.807) is 13.0 Å². The second-order valence-corrected chi connectivity index (χ2v) is 4.46. The zero-order valence-electron chi connectivity index (χ0n) is 10.2. The third kappa shape index (κ3) is 2.07. The molecule has 0 radical (unpaired) electrons. The minimum absolute atomic E-state index is 0.0158. The van der Waals surface area contributed by atoms with Crippen LogP contribution in [-0.4, -0.2) is 11.6 Å². The van der Waals surface area contributed by atoms with Crippen molar-refractivity contribution in [3.05, 3.63) is 46.5 Å². The van der Waals surface area contributed by atoms with Crippen LogP contribution >= 0.6 is 0 Å². The molecule has 1 aromatic rings. The van der Waals surface area contributed by atoms with Gasteiger partial charge >= 0.3 is 0 Å². The van der Waals surface area contributed by atoms with Gasteiger partial charge in [0.1, 0.15) is 0 Å². The predicted molar refractivity (Wildman–Crippen MR) is 67.5 cm³/mol. The Kier molecular flexibility index (Phi) is 3.23. The molecular formula is C15H16O2. The van der Waals surface area contributed by atoms with Gasteiger partial charge in [-0.25, -0.2) is 0 Å². The molecular weight excluding hydrogens is 212 g/mol. The van der Waals surface area contributed by atoms with Crippen LogP contribution in [0, 0.1) is 0 Å². The first kappa shape index (κ1) is 11.8. The summed E-state index contributed by atoms with van der Waals surface area (Å²) in [6, 6.07) is 5.57. The second-order valence-electron chi connectivity index (χ2n) is 4.46. The van der Waals surface area contributed by atoms with Crippen molar-refractivity contribution in [2.24, 2.45) is 0 Å². The Labute approximate surface area is 101 Å². The molecule has 1 aromatic carbocycles. The Balaban J connectivity index is 2.50. The van der Waals surface area contributed by atoms with Gasteiger partial charge in [0, 0.05) is 16.7 Å². The number of aryl methyl sites for hydroxylation is 1. The highest BCUT2D eigenvalue weighted by Crippen LogP contribution is 2.25. The molecule has 0 spiro atoms. The van der Waals surface area contributed by atoms with Gasteiger partial charge in [0.2, 0.25) is 0 Å². The highest BCUT2D eigenvalue weighted by atomic mass is 16.1. The fourth-order valence-electron chi connectivity index (χ4n) is 2.20. The van der Waals surface area contributed by atoms with Crippen LogP contribution in [-0.2, 0) is 6.42 Å². The Bertz CT molecular complexity index is 510. The molecule has 0 heterocycles. The number of hydrogen-bond donors (Lipinski definition) is 0. The van der Waals surface area contributed by atoms with Crippen LogP contribution in [0.4, 0.5) is 0 Å². The molecule has 0 fully saturated rings. The molecule has 1 aliphatic rings. The monoisotopic (exact) mass is 228 g/mol. The summed E-state index contributed by atoms with van der Waals surface area (Å²) in [5, 5.41) is 0. The summed E-state index contributed by atoms with van der Waals surface area (Å²) >= 11 is 0. The fourth-order valence-corrected chi connectivity index (χ4v) is 2.20. The maximum absolute atomic E-state index is 12.0. The molecule has 0 N–H and O–H groups in total. The standard InChI is InChI=1S/C15H16O2/c1-3-4-6-11-7-5-8-12-14(11)13(16)9-10(2)15(12)17/h5,7-9H,3-4,6H2,1-2H3. The Morgan fingerprint density at radius 3 is 2.65 bits per heavy atom. The maximum Gasteiger partial charge on any atom is 0.189 e. The molecule has 88 valence electrons. The lowest BCUT2D eigenvalue weighted by Gasteiger charge is -2.16. The molecule has 0 bridgehead atoms. The summed E-state index contributed by atoms with van der Waals surface area (Å²) in [6.07, 6.45) is 4.45. The van der Waals surface area contributed by atoms with Gasteiger partial charge in [-0.3, -0.25) is 9.59 Å². The van der Waals surface area contributed by atoms with Gasteiger partial charge in [0.25, 0.3) is 0 Å². The van der Waals surface area contributed by atoms with Gasteiger partial charge in [0.05, 0.1) is 0 Å². The normalized spacial score (nSPS) is 14.6. The van der Waals surface area contributed by atoms with E-state index in [0.717, 1.165) is 24.8 Å². The molecule has 17 heavy (non-hydrogen) atoms. The molecule has 0 saturated carbocycles. The Hall–Kier alpha value is -1.70. The molecule has 2 rings (SSSR count). The smallest absolute Gasteiger partial charge is 0.189 e. The number of allylic oxidation sites excluding steroid dienone is 2. The minimum Gasteiger partial charge on any atom is -0.289 e. The first-order chi connectivity index (χ1) is 8.15. The first-order valence-electron chi connectivity index (χ1n) is 6.04. The van der Waals surface area contributed by atoms with Crippen molar-refractivity contribution in [1.29, 1.82) is 0 Å². The predicted octanol–water partition coefficient (Wildman–Crippen LogP) is 3.35. The highest BCUT2D eigenvalue weighted by Gasteiger charge is 2.24. The zero-order valence-corrected chi connectivity index (χ0v) is 10.2. The number of carbonyl (C=O) groups is 2. The van der Waals surface area contributed by atoms with Gasteiger partial charge in [0.15, 0.2) is 11.6 Å². The molecule has 0 aliphatic heterocycles. The quantitative estimate of drug-likeness (QED) is 0.795. The van der Waals surface area contributed by atoms with Gasteiger partial charge < -0.3 is 0 Å². The van der Waals surface area contributed by atoms with E-state index in [2.05, 4.69) is 6.92 Å². The van der Waals surface area contributed by atoms with E-state index in [1.165, 1.54) is 6.08 Å². The second kappa shape index (κ2) is 4.66. The van der Waals surface area contributed by atoms with Gasteiger partial charge in [-0.1, -0.05) is 31.5 Å². The topological polar surface area (TPSA) is 34.1 Å². The van der Waals surface area contributed by atoms with E-state index in [4.69, 9.17) is 0 Å². The third-order valence-electron chi connectivity index (χ3n) is 3.15. The number of hydrogen-bond acceptors (Lipinski definition) is 2. The van der Waals surface area contributed by atoms with Crippen molar-refractivity contribution < 1.29 is 9.59 Å². The molecule has 2 heteroatoms. The summed E-state index contributed by atoms with van der Waals surface area (Å²) < 4.78 is 0. The molecule has 0 amide bonds. The molecule has 2 nitrogen and oxygen atoms in total. The van der Waals surface area contributed by atoms with Crippen molar-refractivity contribution in [1.82, 2.24) is 0 Å².